The number of likely N-dealkylation sites (N-methyl/N-ethyl adjacent to an activating group) is 1. The molecule has 3 atom stereocenters. The Morgan fingerprint density at radius 1 is 1.34 bits per heavy atom. The summed E-state index contributed by atoms with van der Waals surface area (Å²) in [6, 6.07) is 7.51. The largest absolute Gasteiger partial charge is 0.390 e. The lowest BCUT2D eigenvalue weighted by molar-refractivity contribution is -0.132. The molecule has 0 aliphatic carbocycles. The molecular formula is C20H24BrN3O5. The third kappa shape index (κ3) is 4.85. The molecular weight excluding hydrogens is 442 g/mol. The topological polar surface area (TPSA) is 105 Å². The van der Waals surface area contributed by atoms with Gasteiger partial charge >= 0.3 is 5.69 Å². The number of aliphatic hydroxyl groups is 1. The molecule has 0 saturated carbocycles. The summed E-state index contributed by atoms with van der Waals surface area (Å²) in [6.07, 6.45) is 0.217. The van der Waals surface area contributed by atoms with Gasteiger partial charge in [-0.2, -0.15) is 0 Å². The summed E-state index contributed by atoms with van der Waals surface area (Å²) in [7, 11) is 1.66. The van der Waals surface area contributed by atoms with Gasteiger partial charge in [-0.05, 0) is 18.1 Å². The minimum Gasteiger partial charge on any atom is -0.390 e. The van der Waals surface area contributed by atoms with Crippen LogP contribution in [0, 0.1) is 0 Å². The van der Waals surface area contributed by atoms with E-state index in [1.165, 1.54) is 15.7 Å². The van der Waals surface area contributed by atoms with Crippen molar-refractivity contribution in [2.24, 2.45) is 0 Å². The number of nitrogens with zero attached hydrogens (tertiary/aromatic N) is 2. The Labute approximate surface area is 176 Å². The minimum absolute atomic E-state index is 0.106. The van der Waals surface area contributed by atoms with Gasteiger partial charge in [0.05, 0.1) is 12.5 Å². The second-order valence-electron chi connectivity index (χ2n) is 7.15. The number of benzene rings is 1. The molecule has 8 nitrogen and oxygen atoms in total. The molecule has 1 aromatic heterocycles. The predicted octanol–water partition coefficient (Wildman–Crippen LogP) is 1.21. The highest BCUT2D eigenvalue weighted by atomic mass is 79.9. The number of amides is 1. The van der Waals surface area contributed by atoms with E-state index in [2.05, 4.69) is 20.9 Å². The zero-order chi connectivity index (χ0) is 21.1. The number of aryl methyl sites for hydroxylation is 1. The van der Waals surface area contributed by atoms with Gasteiger partial charge in [-0.25, -0.2) is 4.79 Å². The van der Waals surface area contributed by atoms with Crippen molar-refractivity contribution < 1.29 is 14.6 Å². The van der Waals surface area contributed by atoms with E-state index in [9.17, 15) is 19.5 Å². The first-order valence-corrected chi connectivity index (χ1v) is 10.2. The summed E-state index contributed by atoms with van der Waals surface area (Å²) in [4.78, 5) is 40.3. The highest BCUT2D eigenvalue weighted by Gasteiger charge is 2.36. The summed E-state index contributed by atoms with van der Waals surface area (Å²) in [5.41, 5.74) is 0.346. The van der Waals surface area contributed by atoms with E-state index < -0.39 is 29.7 Å². The number of carbonyl (C=O) groups is 1. The van der Waals surface area contributed by atoms with Crippen LogP contribution in [0.1, 0.15) is 30.7 Å². The average Bonchev–Trinajstić information content (AvgIpc) is 3.03. The monoisotopic (exact) mass is 465 g/mol. The van der Waals surface area contributed by atoms with Crippen molar-refractivity contribution in [1.29, 1.82) is 0 Å². The van der Waals surface area contributed by atoms with Crippen molar-refractivity contribution in [3.8, 4) is 0 Å². The second-order valence-corrected chi connectivity index (χ2v) is 8.00. The highest BCUT2D eigenvalue weighted by Crippen LogP contribution is 2.28. The standard InChI is InChI=1S/C20H24BrN3O5/c1-3-12-10-24(20(28)22-19(12)27)18-9-15(25)16(29-18)11-23(2)17(26)8-13-6-4-5-7-14(13)21/h4-7,10,15-16,18,25H,3,8-9,11H2,1-2H3,(H,22,27,28)/t15-,16+,18+/m0/s1. The lowest BCUT2D eigenvalue weighted by atomic mass is 10.1. The molecule has 0 unspecified atom stereocenters. The van der Waals surface area contributed by atoms with E-state index in [0.29, 0.717) is 12.0 Å². The number of nitrogens with one attached hydrogen (secondary N) is 1. The van der Waals surface area contributed by atoms with E-state index >= 15 is 0 Å². The molecule has 2 N–H and O–H groups in total. The van der Waals surface area contributed by atoms with Crippen LogP contribution < -0.4 is 11.2 Å². The van der Waals surface area contributed by atoms with Crippen molar-refractivity contribution in [2.45, 2.75) is 44.6 Å². The number of aliphatic hydroxyl groups excluding tert-OH is 1. The minimum atomic E-state index is -0.831. The predicted molar refractivity (Wildman–Crippen MR) is 111 cm³/mol. The number of H-pyrrole nitrogens is 1. The van der Waals surface area contributed by atoms with Crippen LogP contribution in [0.4, 0.5) is 0 Å². The first-order valence-electron chi connectivity index (χ1n) is 9.45. The van der Waals surface area contributed by atoms with Crippen molar-refractivity contribution in [3.05, 3.63) is 66.9 Å². The summed E-state index contributed by atoms with van der Waals surface area (Å²) in [5, 5.41) is 10.4. The number of carbonyl (C=O) groups excluding carboxylic acids is 1. The Kier molecular flexibility index (Phi) is 6.71. The van der Waals surface area contributed by atoms with Crippen molar-refractivity contribution in [2.75, 3.05) is 13.6 Å². The smallest absolute Gasteiger partial charge is 0.330 e. The molecule has 1 saturated heterocycles. The zero-order valence-electron chi connectivity index (χ0n) is 16.3. The third-order valence-electron chi connectivity index (χ3n) is 5.12. The molecule has 1 amide bonds. The Bertz CT molecular complexity index is 1000. The van der Waals surface area contributed by atoms with Gasteiger partial charge < -0.3 is 14.7 Å². The van der Waals surface area contributed by atoms with Gasteiger partial charge in [-0.15, -0.1) is 0 Å². The number of halogens is 1. The fourth-order valence-electron chi connectivity index (χ4n) is 3.35. The maximum atomic E-state index is 12.6. The first-order chi connectivity index (χ1) is 13.8. The molecule has 1 aliphatic heterocycles. The number of rotatable bonds is 6. The number of hydrogen-bond donors (Lipinski definition) is 2. The van der Waals surface area contributed by atoms with Gasteiger partial charge in [0.15, 0.2) is 0 Å². The first kappa shape index (κ1) is 21.5. The molecule has 2 heterocycles. The molecule has 0 spiro atoms. The van der Waals surface area contributed by atoms with Crippen LogP contribution in [0.3, 0.4) is 0 Å². The molecule has 156 valence electrons. The molecule has 0 radical (unpaired) electrons. The van der Waals surface area contributed by atoms with Crippen LogP contribution in [0.5, 0.6) is 0 Å². The zero-order valence-corrected chi connectivity index (χ0v) is 17.9. The summed E-state index contributed by atoms with van der Waals surface area (Å²) < 4.78 is 8.02. The molecule has 3 rings (SSSR count). The molecule has 29 heavy (non-hydrogen) atoms. The number of aromatic amines is 1. The summed E-state index contributed by atoms with van der Waals surface area (Å²) >= 11 is 3.44. The lowest BCUT2D eigenvalue weighted by Crippen LogP contribution is -2.39. The normalized spacial score (nSPS) is 21.3. The maximum Gasteiger partial charge on any atom is 0.330 e. The summed E-state index contributed by atoms with van der Waals surface area (Å²) in [5.74, 6) is -0.106. The number of hydrogen-bond acceptors (Lipinski definition) is 5. The molecule has 1 aliphatic rings. The van der Waals surface area contributed by atoms with Crippen molar-refractivity contribution in [3.63, 3.8) is 0 Å². The Hall–Kier alpha value is -2.23. The van der Waals surface area contributed by atoms with Gasteiger partial charge in [0.2, 0.25) is 5.91 Å². The second kappa shape index (κ2) is 9.06. The van der Waals surface area contributed by atoms with Crippen LogP contribution in [0.25, 0.3) is 0 Å². The van der Waals surface area contributed by atoms with E-state index in [4.69, 9.17) is 4.74 Å². The van der Waals surface area contributed by atoms with Crippen molar-refractivity contribution >= 4 is 21.8 Å². The fourth-order valence-corrected chi connectivity index (χ4v) is 3.78. The molecule has 0 bridgehead atoms. The van der Waals surface area contributed by atoms with Crippen LogP contribution >= 0.6 is 15.9 Å². The van der Waals surface area contributed by atoms with E-state index in [-0.39, 0.29) is 25.3 Å². The number of aromatic nitrogens is 2. The lowest BCUT2D eigenvalue weighted by Gasteiger charge is -2.23. The Morgan fingerprint density at radius 2 is 2.07 bits per heavy atom. The van der Waals surface area contributed by atoms with Gasteiger partial charge in [0.25, 0.3) is 5.56 Å². The van der Waals surface area contributed by atoms with Crippen LogP contribution in [-0.2, 0) is 22.4 Å². The highest BCUT2D eigenvalue weighted by molar-refractivity contribution is 9.10. The van der Waals surface area contributed by atoms with Gasteiger partial charge in [0, 0.05) is 36.2 Å². The van der Waals surface area contributed by atoms with E-state index in [1.54, 1.807) is 7.05 Å². The quantitative estimate of drug-likeness (QED) is 0.666. The Balaban J connectivity index is 1.67. The van der Waals surface area contributed by atoms with Gasteiger partial charge in [-0.1, -0.05) is 41.1 Å². The van der Waals surface area contributed by atoms with Gasteiger partial charge in [-0.3, -0.25) is 19.1 Å². The van der Waals surface area contributed by atoms with Crippen molar-refractivity contribution in [1.82, 2.24) is 14.5 Å². The van der Waals surface area contributed by atoms with Gasteiger partial charge in [0.1, 0.15) is 12.3 Å². The average molecular weight is 466 g/mol. The van der Waals surface area contributed by atoms with Crippen LogP contribution in [0.2, 0.25) is 0 Å². The Morgan fingerprint density at radius 3 is 2.76 bits per heavy atom. The fraction of sp³-hybridized carbons (Fsp3) is 0.450. The van der Waals surface area contributed by atoms with Crippen LogP contribution in [-0.4, -0.2) is 51.3 Å². The molecule has 1 fully saturated rings. The maximum absolute atomic E-state index is 12.6. The third-order valence-corrected chi connectivity index (χ3v) is 5.89. The van der Waals surface area contributed by atoms with Crippen LogP contribution in [0.15, 0.2) is 44.5 Å². The van der Waals surface area contributed by atoms with E-state index in [0.717, 1.165) is 10.0 Å². The summed E-state index contributed by atoms with van der Waals surface area (Å²) in [6.45, 7) is 2.01. The molecule has 2 aromatic rings. The van der Waals surface area contributed by atoms with E-state index in [1.807, 2.05) is 31.2 Å². The number of ether oxygens (including phenoxy) is 1. The molecule has 9 heteroatoms. The SMILES string of the molecule is CCc1cn([C@H]2C[C@H](O)[C@@H](CN(C)C(=O)Cc3ccccc3Br)O2)c(=O)[nH]c1=O. The molecule has 1 aromatic carbocycles.